The van der Waals surface area contributed by atoms with Crippen LogP contribution < -0.4 is 9.92 Å². The van der Waals surface area contributed by atoms with Gasteiger partial charge in [-0.1, -0.05) is 23.2 Å². The highest BCUT2D eigenvalue weighted by Gasteiger charge is 2.17. The SMILES string of the molecule is NC(=O)c1ccc(S(=O)(=O)Oc2ccc(Cl)c(Cl)c2)cc1. The summed E-state index contributed by atoms with van der Waals surface area (Å²) in [7, 11) is -4.04. The van der Waals surface area contributed by atoms with Crippen LogP contribution in [0.4, 0.5) is 0 Å². The molecule has 2 aromatic carbocycles. The van der Waals surface area contributed by atoms with E-state index < -0.39 is 16.0 Å². The van der Waals surface area contributed by atoms with Crippen LogP contribution >= 0.6 is 23.2 Å². The molecule has 0 fully saturated rings. The van der Waals surface area contributed by atoms with Crippen LogP contribution in [-0.2, 0) is 10.1 Å². The minimum Gasteiger partial charge on any atom is -0.379 e. The molecule has 21 heavy (non-hydrogen) atoms. The summed E-state index contributed by atoms with van der Waals surface area (Å²) in [6.07, 6.45) is 0. The standard InChI is InChI=1S/C13H9Cl2NO4S/c14-11-6-3-9(7-12(11)15)20-21(18,19)10-4-1-8(2-5-10)13(16)17/h1-7H,(H2,16,17). The van der Waals surface area contributed by atoms with E-state index >= 15 is 0 Å². The van der Waals surface area contributed by atoms with E-state index in [1.165, 1.54) is 42.5 Å². The molecule has 0 aliphatic carbocycles. The number of amides is 1. The van der Waals surface area contributed by atoms with Crippen molar-refractivity contribution in [3.05, 3.63) is 58.1 Å². The molecule has 0 spiro atoms. The minimum atomic E-state index is -4.04. The van der Waals surface area contributed by atoms with Crippen molar-refractivity contribution in [2.45, 2.75) is 4.90 Å². The summed E-state index contributed by atoms with van der Waals surface area (Å²) in [6, 6.07) is 9.15. The summed E-state index contributed by atoms with van der Waals surface area (Å²) in [5, 5.41) is 0.459. The molecule has 2 rings (SSSR count). The summed E-state index contributed by atoms with van der Waals surface area (Å²) < 4.78 is 29.1. The van der Waals surface area contributed by atoms with Gasteiger partial charge in [-0.2, -0.15) is 8.42 Å². The minimum absolute atomic E-state index is 0.0309. The maximum absolute atomic E-state index is 12.1. The van der Waals surface area contributed by atoms with Crippen molar-refractivity contribution >= 4 is 39.2 Å². The third-order valence-corrected chi connectivity index (χ3v) is 4.52. The quantitative estimate of drug-likeness (QED) is 0.863. The number of carbonyl (C=O) groups is 1. The van der Waals surface area contributed by atoms with Gasteiger partial charge in [-0.05, 0) is 36.4 Å². The fourth-order valence-corrected chi connectivity index (χ4v) is 2.70. The van der Waals surface area contributed by atoms with Gasteiger partial charge in [0.05, 0.1) is 10.0 Å². The second kappa shape index (κ2) is 5.93. The lowest BCUT2D eigenvalue weighted by Gasteiger charge is -2.08. The van der Waals surface area contributed by atoms with Crippen molar-refractivity contribution in [1.29, 1.82) is 0 Å². The van der Waals surface area contributed by atoms with Gasteiger partial charge in [0.25, 0.3) is 0 Å². The molecule has 0 saturated carbocycles. The van der Waals surface area contributed by atoms with E-state index in [1.54, 1.807) is 0 Å². The molecular weight excluding hydrogens is 337 g/mol. The number of carbonyl (C=O) groups excluding carboxylic acids is 1. The van der Waals surface area contributed by atoms with E-state index in [4.69, 9.17) is 33.1 Å². The number of hydrogen-bond acceptors (Lipinski definition) is 4. The molecule has 2 aromatic rings. The largest absolute Gasteiger partial charge is 0.379 e. The zero-order valence-corrected chi connectivity index (χ0v) is 12.7. The van der Waals surface area contributed by atoms with Gasteiger partial charge in [-0.3, -0.25) is 4.79 Å². The molecule has 0 bridgehead atoms. The number of hydrogen-bond donors (Lipinski definition) is 1. The second-order valence-electron chi connectivity index (χ2n) is 4.00. The molecular formula is C13H9Cl2NO4S. The van der Waals surface area contributed by atoms with E-state index in [9.17, 15) is 13.2 Å². The Hall–Kier alpha value is -1.76. The summed E-state index contributed by atoms with van der Waals surface area (Å²) in [5.41, 5.74) is 5.28. The van der Waals surface area contributed by atoms with Gasteiger partial charge >= 0.3 is 10.1 Å². The lowest BCUT2D eigenvalue weighted by molar-refractivity contribution is 0.1000. The Morgan fingerprint density at radius 3 is 2.14 bits per heavy atom. The Balaban J connectivity index is 2.29. The highest BCUT2D eigenvalue weighted by atomic mass is 35.5. The molecule has 8 heteroatoms. The predicted molar refractivity (Wildman–Crippen MR) is 79.2 cm³/mol. The van der Waals surface area contributed by atoms with Crippen molar-refractivity contribution in [1.82, 2.24) is 0 Å². The topological polar surface area (TPSA) is 86.5 Å². The van der Waals surface area contributed by atoms with E-state index in [1.807, 2.05) is 0 Å². The number of benzene rings is 2. The highest BCUT2D eigenvalue weighted by Crippen LogP contribution is 2.28. The number of nitrogens with two attached hydrogens (primary N) is 1. The first kappa shape index (κ1) is 15.6. The number of rotatable bonds is 4. The van der Waals surface area contributed by atoms with Gasteiger partial charge in [0.2, 0.25) is 5.91 Å². The fraction of sp³-hybridized carbons (Fsp3) is 0. The van der Waals surface area contributed by atoms with Crippen LogP contribution in [-0.4, -0.2) is 14.3 Å². The van der Waals surface area contributed by atoms with Crippen LogP contribution in [0.2, 0.25) is 10.0 Å². The molecule has 0 aromatic heterocycles. The summed E-state index contributed by atoms with van der Waals surface area (Å²) in [5.74, 6) is -0.618. The Labute approximate surface area is 131 Å². The van der Waals surface area contributed by atoms with Crippen LogP contribution in [0.25, 0.3) is 0 Å². The Bertz CT molecular complexity index is 788. The Morgan fingerprint density at radius 1 is 1.00 bits per heavy atom. The van der Waals surface area contributed by atoms with E-state index in [-0.39, 0.29) is 26.3 Å². The summed E-state index contributed by atoms with van der Waals surface area (Å²) in [4.78, 5) is 10.8. The molecule has 0 heterocycles. The Morgan fingerprint density at radius 2 is 1.62 bits per heavy atom. The normalized spacial score (nSPS) is 11.1. The zero-order valence-electron chi connectivity index (χ0n) is 10.4. The lowest BCUT2D eigenvalue weighted by Crippen LogP contribution is -2.13. The molecule has 0 atom stereocenters. The van der Waals surface area contributed by atoms with Gasteiger partial charge in [-0.25, -0.2) is 0 Å². The van der Waals surface area contributed by atoms with Gasteiger partial charge in [-0.15, -0.1) is 0 Å². The van der Waals surface area contributed by atoms with Crippen LogP contribution in [0.15, 0.2) is 47.4 Å². The average Bonchev–Trinajstić information content (AvgIpc) is 2.43. The van der Waals surface area contributed by atoms with Gasteiger partial charge in [0.1, 0.15) is 10.6 Å². The zero-order chi connectivity index (χ0) is 15.6. The van der Waals surface area contributed by atoms with Gasteiger partial charge < -0.3 is 9.92 Å². The van der Waals surface area contributed by atoms with Crippen LogP contribution in [0.3, 0.4) is 0 Å². The average molecular weight is 346 g/mol. The maximum Gasteiger partial charge on any atom is 0.339 e. The first-order chi connectivity index (χ1) is 9.79. The molecule has 110 valence electrons. The number of halogens is 2. The lowest BCUT2D eigenvalue weighted by atomic mass is 10.2. The van der Waals surface area contributed by atoms with E-state index in [2.05, 4.69) is 0 Å². The molecule has 0 aliphatic rings. The van der Waals surface area contributed by atoms with Gasteiger partial charge in [0, 0.05) is 11.6 Å². The van der Waals surface area contributed by atoms with Crippen LogP contribution in [0, 0.1) is 0 Å². The van der Waals surface area contributed by atoms with Crippen molar-refractivity contribution in [3.63, 3.8) is 0 Å². The predicted octanol–water partition coefficient (Wildman–Crippen LogP) is 2.86. The summed E-state index contributed by atoms with van der Waals surface area (Å²) in [6.45, 7) is 0. The van der Waals surface area contributed by atoms with Crippen LogP contribution in [0.1, 0.15) is 10.4 Å². The highest BCUT2D eigenvalue weighted by molar-refractivity contribution is 7.87. The van der Waals surface area contributed by atoms with Gasteiger partial charge in [0.15, 0.2) is 0 Å². The molecule has 2 N–H and O–H groups in total. The third-order valence-electron chi connectivity index (χ3n) is 2.52. The molecule has 0 saturated heterocycles. The van der Waals surface area contributed by atoms with Crippen molar-refractivity contribution in [2.75, 3.05) is 0 Å². The third kappa shape index (κ3) is 3.66. The summed E-state index contributed by atoms with van der Waals surface area (Å²) >= 11 is 11.5. The fourth-order valence-electron chi connectivity index (χ4n) is 1.49. The molecule has 0 aliphatic heterocycles. The maximum atomic E-state index is 12.1. The second-order valence-corrected chi connectivity index (χ2v) is 6.36. The van der Waals surface area contributed by atoms with Crippen molar-refractivity contribution < 1.29 is 17.4 Å². The smallest absolute Gasteiger partial charge is 0.339 e. The number of primary amides is 1. The van der Waals surface area contributed by atoms with E-state index in [0.29, 0.717) is 0 Å². The first-order valence-electron chi connectivity index (χ1n) is 5.59. The van der Waals surface area contributed by atoms with Crippen molar-refractivity contribution in [3.8, 4) is 5.75 Å². The van der Waals surface area contributed by atoms with E-state index in [0.717, 1.165) is 0 Å². The van der Waals surface area contributed by atoms with Crippen LogP contribution in [0.5, 0.6) is 5.75 Å². The molecule has 0 unspecified atom stereocenters. The first-order valence-corrected chi connectivity index (χ1v) is 7.75. The molecule has 1 amide bonds. The monoisotopic (exact) mass is 345 g/mol. The Kier molecular flexibility index (Phi) is 4.41. The van der Waals surface area contributed by atoms with Crippen molar-refractivity contribution in [2.24, 2.45) is 5.73 Å². The molecule has 0 radical (unpaired) electrons. The molecule has 5 nitrogen and oxygen atoms in total.